The molecule has 8 heteroatoms. The van der Waals surface area contributed by atoms with E-state index < -0.39 is 5.41 Å². The van der Waals surface area contributed by atoms with Gasteiger partial charge in [0.25, 0.3) is 0 Å². The number of carbonyl (C=O) groups is 1. The van der Waals surface area contributed by atoms with Gasteiger partial charge in [0, 0.05) is 25.3 Å². The standard InChI is InChI=1S/C20H21ClN6O/c1-13-5-2-3-6-14(13)27-10-8-20(18(27)28)7-4-9-26(11-20)19-24-16(21)15-17(25-19)23-12-22-15/h2-3,5-6,12H,4,7-11H2,1H3,(H,22,23,24,25)/t20-/m1/s1. The summed E-state index contributed by atoms with van der Waals surface area (Å²) in [5.74, 6) is 0.754. The molecule has 2 aliphatic rings. The Morgan fingerprint density at radius 1 is 1.18 bits per heavy atom. The van der Waals surface area contributed by atoms with Crippen LogP contribution in [0.5, 0.6) is 0 Å². The molecule has 1 spiro atoms. The molecule has 0 unspecified atom stereocenters. The second-order valence-electron chi connectivity index (χ2n) is 7.71. The van der Waals surface area contributed by atoms with E-state index in [0.717, 1.165) is 43.6 Å². The molecule has 0 aliphatic carbocycles. The Morgan fingerprint density at radius 3 is 2.89 bits per heavy atom. The van der Waals surface area contributed by atoms with Gasteiger partial charge >= 0.3 is 0 Å². The van der Waals surface area contributed by atoms with Gasteiger partial charge in [-0.15, -0.1) is 0 Å². The molecule has 0 bridgehead atoms. The second kappa shape index (κ2) is 6.44. The number of aryl methyl sites for hydroxylation is 1. The van der Waals surface area contributed by atoms with Crippen LogP contribution in [0.1, 0.15) is 24.8 Å². The van der Waals surface area contributed by atoms with Crippen LogP contribution in [0.25, 0.3) is 11.2 Å². The normalized spacial score (nSPS) is 22.6. The minimum absolute atomic E-state index is 0.207. The zero-order chi connectivity index (χ0) is 19.3. The van der Waals surface area contributed by atoms with Crippen molar-refractivity contribution in [2.24, 2.45) is 5.41 Å². The number of imidazole rings is 1. The van der Waals surface area contributed by atoms with E-state index in [1.54, 1.807) is 6.33 Å². The number of carbonyl (C=O) groups excluding carboxylic acids is 1. The van der Waals surface area contributed by atoms with Crippen molar-refractivity contribution in [3.8, 4) is 0 Å². The zero-order valence-corrected chi connectivity index (χ0v) is 16.4. The number of benzene rings is 1. The van der Waals surface area contributed by atoms with E-state index in [9.17, 15) is 4.79 Å². The van der Waals surface area contributed by atoms with Crippen LogP contribution in [-0.4, -0.2) is 45.5 Å². The van der Waals surface area contributed by atoms with Crippen LogP contribution < -0.4 is 9.80 Å². The third kappa shape index (κ3) is 2.64. The summed E-state index contributed by atoms with van der Waals surface area (Å²) in [4.78, 5) is 33.7. The molecule has 1 atom stereocenters. The number of amides is 1. The molecule has 144 valence electrons. The van der Waals surface area contributed by atoms with Crippen molar-refractivity contribution in [3.05, 3.63) is 41.3 Å². The van der Waals surface area contributed by atoms with Crippen molar-refractivity contribution in [2.75, 3.05) is 29.4 Å². The van der Waals surface area contributed by atoms with E-state index in [0.29, 0.717) is 28.8 Å². The van der Waals surface area contributed by atoms with Crippen molar-refractivity contribution in [2.45, 2.75) is 26.2 Å². The van der Waals surface area contributed by atoms with Crippen molar-refractivity contribution in [3.63, 3.8) is 0 Å². The highest BCUT2D eigenvalue weighted by molar-refractivity contribution is 6.33. The van der Waals surface area contributed by atoms with E-state index >= 15 is 0 Å². The van der Waals surface area contributed by atoms with Crippen LogP contribution in [0.2, 0.25) is 5.15 Å². The summed E-state index contributed by atoms with van der Waals surface area (Å²) in [6.07, 6.45) is 4.22. The quantitative estimate of drug-likeness (QED) is 0.672. The van der Waals surface area contributed by atoms with Crippen LogP contribution in [-0.2, 0) is 4.79 Å². The molecule has 1 aromatic carbocycles. The molecule has 7 nitrogen and oxygen atoms in total. The van der Waals surface area contributed by atoms with Crippen molar-refractivity contribution in [1.82, 2.24) is 19.9 Å². The van der Waals surface area contributed by atoms with Gasteiger partial charge in [-0.05, 0) is 37.8 Å². The summed E-state index contributed by atoms with van der Waals surface area (Å²) in [5, 5.41) is 0.358. The third-order valence-corrected chi connectivity index (χ3v) is 6.28. The van der Waals surface area contributed by atoms with Crippen molar-refractivity contribution >= 4 is 40.3 Å². The minimum atomic E-state index is -0.392. The fourth-order valence-electron chi connectivity index (χ4n) is 4.53. The van der Waals surface area contributed by atoms with Crippen LogP contribution in [0.3, 0.4) is 0 Å². The van der Waals surface area contributed by atoms with Gasteiger partial charge in [0.05, 0.1) is 11.7 Å². The number of hydrogen-bond acceptors (Lipinski definition) is 5. The number of hydrogen-bond donors (Lipinski definition) is 1. The molecule has 2 fully saturated rings. The maximum Gasteiger partial charge on any atom is 0.235 e. The minimum Gasteiger partial charge on any atom is -0.341 e. The molecule has 0 saturated carbocycles. The Bertz CT molecular complexity index is 1070. The molecule has 1 N–H and O–H groups in total. The van der Waals surface area contributed by atoms with Gasteiger partial charge in [0.15, 0.2) is 10.8 Å². The first-order valence-corrected chi connectivity index (χ1v) is 9.94. The van der Waals surface area contributed by atoms with Gasteiger partial charge in [-0.25, -0.2) is 4.98 Å². The fraction of sp³-hybridized carbons (Fsp3) is 0.400. The Hall–Kier alpha value is -2.67. The molecule has 2 saturated heterocycles. The smallest absolute Gasteiger partial charge is 0.235 e. The van der Waals surface area contributed by atoms with Gasteiger partial charge in [0.2, 0.25) is 11.9 Å². The molecule has 1 amide bonds. The summed E-state index contributed by atoms with van der Waals surface area (Å²) >= 11 is 6.30. The lowest BCUT2D eigenvalue weighted by Gasteiger charge is -2.39. The van der Waals surface area contributed by atoms with Gasteiger partial charge in [-0.2, -0.15) is 9.97 Å². The average molecular weight is 397 g/mol. The predicted molar refractivity (Wildman–Crippen MR) is 109 cm³/mol. The highest BCUT2D eigenvalue weighted by atomic mass is 35.5. The first-order valence-electron chi connectivity index (χ1n) is 9.57. The molecule has 0 radical (unpaired) electrons. The maximum absolute atomic E-state index is 13.5. The number of H-pyrrole nitrogens is 1. The van der Waals surface area contributed by atoms with E-state index in [-0.39, 0.29) is 5.91 Å². The first kappa shape index (κ1) is 17.4. The number of piperidine rings is 1. The molecule has 28 heavy (non-hydrogen) atoms. The number of anilines is 2. The molecule has 3 aromatic rings. The number of nitrogens with one attached hydrogen (secondary N) is 1. The zero-order valence-electron chi connectivity index (χ0n) is 15.7. The number of halogens is 1. The summed E-state index contributed by atoms with van der Waals surface area (Å²) in [6.45, 7) is 4.22. The van der Waals surface area contributed by atoms with Crippen LogP contribution >= 0.6 is 11.6 Å². The number of para-hydroxylation sites is 1. The third-order valence-electron chi connectivity index (χ3n) is 6.01. The van der Waals surface area contributed by atoms with E-state index in [4.69, 9.17) is 11.6 Å². The molecular formula is C20H21ClN6O. The second-order valence-corrected chi connectivity index (χ2v) is 8.07. The van der Waals surface area contributed by atoms with E-state index in [2.05, 4.69) is 37.8 Å². The highest BCUT2D eigenvalue weighted by Crippen LogP contribution is 2.43. The number of aromatic nitrogens is 4. The number of fused-ring (bicyclic) bond motifs is 1. The number of rotatable bonds is 2. The Labute approximate surface area is 167 Å². The topological polar surface area (TPSA) is 78.0 Å². The van der Waals surface area contributed by atoms with Gasteiger partial charge in [-0.3, -0.25) is 4.79 Å². The number of aromatic amines is 1. The Kier molecular flexibility index (Phi) is 4.01. The Balaban J connectivity index is 1.45. The van der Waals surface area contributed by atoms with Gasteiger partial charge in [-0.1, -0.05) is 29.8 Å². The van der Waals surface area contributed by atoms with Crippen LogP contribution in [0.4, 0.5) is 11.6 Å². The highest BCUT2D eigenvalue weighted by Gasteiger charge is 2.49. The van der Waals surface area contributed by atoms with E-state index in [1.807, 2.05) is 23.1 Å². The average Bonchev–Trinajstić information content (AvgIpc) is 3.29. The van der Waals surface area contributed by atoms with Crippen LogP contribution in [0.15, 0.2) is 30.6 Å². The summed E-state index contributed by atoms with van der Waals surface area (Å²) in [6, 6.07) is 8.07. The lowest BCUT2D eigenvalue weighted by atomic mass is 9.78. The summed E-state index contributed by atoms with van der Waals surface area (Å²) in [7, 11) is 0. The SMILES string of the molecule is Cc1ccccc1N1CC[C@@]2(CCCN(c3nc(Cl)c4[nH]cnc4n3)C2)C1=O. The molecule has 4 heterocycles. The monoisotopic (exact) mass is 396 g/mol. The van der Waals surface area contributed by atoms with Crippen molar-refractivity contribution in [1.29, 1.82) is 0 Å². The van der Waals surface area contributed by atoms with Gasteiger partial charge < -0.3 is 14.8 Å². The molecule has 2 aromatic heterocycles. The largest absolute Gasteiger partial charge is 0.341 e. The fourth-order valence-corrected chi connectivity index (χ4v) is 4.74. The lowest BCUT2D eigenvalue weighted by Crippen LogP contribution is -2.48. The summed E-state index contributed by atoms with van der Waals surface area (Å²) in [5.41, 5.74) is 2.93. The predicted octanol–water partition coefficient (Wildman–Crippen LogP) is 3.34. The Morgan fingerprint density at radius 2 is 2.04 bits per heavy atom. The maximum atomic E-state index is 13.5. The van der Waals surface area contributed by atoms with Gasteiger partial charge in [0.1, 0.15) is 5.52 Å². The number of nitrogens with zero attached hydrogens (tertiary/aromatic N) is 5. The molecule has 2 aliphatic heterocycles. The van der Waals surface area contributed by atoms with Crippen LogP contribution in [0, 0.1) is 12.3 Å². The summed E-state index contributed by atoms with van der Waals surface area (Å²) < 4.78 is 0. The van der Waals surface area contributed by atoms with Crippen molar-refractivity contribution < 1.29 is 4.79 Å². The first-order chi connectivity index (χ1) is 13.6. The molecule has 5 rings (SSSR count). The van der Waals surface area contributed by atoms with E-state index in [1.165, 1.54) is 0 Å². The lowest BCUT2D eigenvalue weighted by molar-refractivity contribution is -0.126. The molecular weight excluding hydrogens is 376 g/mol.